The van der Waals surface area contributed by atoms with Gasteiger partial charge in [-0.25, -0.2) is 4.98 Å². The van der Waals surface area contributed by atoms with Crippen molar-refractivity contribution >= 4 is 5.82 Å². The Balaban J connectivity index is 2.09. The quantitative estimate of drug-likeness (QED) is 0.791. The Hall–Kier alpha value is -1.87. The largest absolute Gasteiger partial charge is 0.346 e. The first-order valence-electron chi connectivity index (χ1n) is 5.25. The minimum atomic E-state index is -0.0395. The van der Waals surface area contributed by atoms with E-state index in [1.807, 2.05) is 49.6 Å². The van der Waals surface area contributed by atoms with E-state index in [2.05, 4.69) is 10.3 Å². The van der Waals surface area contributed by atoms with Gasteiger partial charge in [0.15, 0.2) is 0 Å². The second kappa shape index (κ2) is 4.77. The van der Waals surface area contributed by atoms with E-state index >= 15 is 0 Å². The SMILES string of the molecule is Cc1ccnc(N/C=C2/C=CC=CC2N)c1. The van der Waals surface area contributed by atoms with E-state index in [0.717, 1.165) is 11.4 Å². The summed E-state index contributed by atoms with van der Waals surface area (Å²) < 4.78 is 0. The van der Waals surface area contributed by atoms with Gasteiger partial charge in [-0.15, -0.1) is 0 Å². The van der Waals surface area contributed by atoms with Crippen LogP contribution < -0.4 is 11.1 Å². The van der Waals surface area contributed by atoms with Gasteiger partial charge in [-0.3, -0.25) is 0 Å². The van der Waals surface area contributed by atoms with Crippen LogP contribution in [0.5, 0.6) is 0 Å². The Bertz CT molecular complexity index is 458. The number of nitrogens with one attached hydrogen (secondary N) is 1. The molecule has 0 spiro atoms. The maximum atomic E-state index is 5.91. The first-order valence-corrected chi connectivity index (χ1v) is 5.25. The third kappa shape index (κ3) is 2.58. The predicted molar refractivity (Wildman–Crippen MR) is 66.9 cm³/mol. The van der Waals surface area contributed by atoms with Gasteiger partial charge >= 0.3 is 0 Å². The summed E-state index contributed by atoms with van der Waals surface area (Å²) in [5, 5.41) is 3.15. The first-order chi connectivity index (χ1) is 7.75. The zero-order valence-corrected chi connectivity index (χ0v) is 9.22. The number of nitrogens with two attached hydrogens (primary N) is 1. The molecular formula is C13H15N3. The van der Waals surface area contributed by atoms with Gasteiger partial charge in [0.2, 0.25) is 0 Å². The van der Waals surface area contributed by atoms with Crippen molar-refractivity contribution in [3.8, 4) is 0 Å². The summed E-state index contributed by atoms with van der Waals surface area (Å²) in [5.74, 6) is 0.836. The van der Waals surface area contributed by atoms with Gasteiger partial charge in [0.25, 0.3) is 0 Å². The van der Waals surface area contributed by atoms with Crippen molar-refractivity contribution in [2.75, 3.05) is 5.32 Å². The number of anilines is 1. The van der Waals surface area contributed by atoms with E-state index in [0.29, 0.717) is 0 Å². The lowest BCUT2D eigenvalue weighted by molar-refractivity contribution is 0.968. The molecule has 0 aromatic carbocycles. The van der Waals surface area contributed by atoms with Crippen molar-refractivity contribution in [2.45, 2.75) is 13.0 Å². The molecule has 1 aliphatic carbocycles. The van der Waals surface area contributed by atoms with Gasteiger partial charge in [-0.1, -0.05) is 24.3 Å². The van der Waals surface area contributed by atoms with Crippen LogP contribution in [0.2, 0.25) is 0 Å². The van der Waals surface area contributed by atoms with Crippen LogP contribution >= 0.6 is 0 Å². The molecule has 1 atom stereocenters. The Labute approximate surface area is 95.4 Å². The molecule has 82 valence electrons. The highest BCUT2D eigenvalue weighted by Crippen LogP contribution is 2.11. The van der Waals surface area contributed by atoms with Gasteiger partial charge in [-0.2, -0.15) is 0 Å². The zero-order valence-electron chi connectivity index (χ0n) is 9.22. The predicted octanol–water partition coefficient (Wildman–Crippen LogP) is 2.14. The van der Waals surface area contributed by atoms with Crippen LogP contribution in [-0.4, -0.2) is 11.0 Å². The second-order valence-electron chi connectivity index (χ2n) is 3.78. The minimum Gasteiger partial charge on any atom is -0.346 e. The molecule has 0 fully saturated rings. The summed E-state index contributed by atoms with van der Waals surface area (Å²) in [5.41, 5.74) is 8.13. The van der Waals surface area contributed by atoms with Crippen molar-refractivity contribution in [3.05, 3.63) is 60.0 Å². The maximum absolute atomic E-state index is 5.91. The molecule has 3 nitrogen and oxygen atoms in total. The Kier molecular flexibility index (Phi) is 3.17. The van der Waals surface area contributed by atoms with Crippen LogP contribution in [0, 0.1) is 6.92 Å². The number of allylic oxidation sites excluding steroid dienone is 2. The molecule has 0 aliphatic heterocycles. The zero-order chi connectivity index (χ0) is 11.4. The number of pyridine rings is 1. The van der Waals surface area contributed by atoms with E-state index < -0.39 is 0 Å². The fraction of sp³-hybridized carbons (Fsp3) is 0.154. The van der Waals surface area contributed by atoms with Gasteiger partial charge < -0.3 is 11.1 Å². The lowest BCUT2D eigenvalue weighted by Crippen LogP contribution is -2.20. The number of aromatic nitrogens is 1. The molecule has 0 bridgehead atoms. The number of hydrogen-bond acceptors (Lipinski definition) is 3. The van der Waals surface area contributed by atoms with E-state index in [1.165, 1.54) is 5.56 Å². The summed E-state index contributed by atoms with van der Waals surface area (Å²) in [6, 6.07) is 3.92. The summed E-state index contributed by atoms with van der Waals surface area (Å²) in [6.07, 6.45) is 11.6. The molecular weight excluding hydrogens is 198 g/mol. The third-order valence-corrected chi connectivity index (χ3v) is 2.41. The normalized spacial score (nSPS) is 21.4. The topological polar surface area (TPSA) is 50.9 Å². The summed E-state index contributed by atoms with van der Waals surface area (Å²) in [7, 11) is 0. The van der Waals surface area contributed by atoms with E-state index in [9.17, 15) is 0 Å². The van der Waals surface area contributed by atoms with Crippen LogP contribution in [0.1, 0.15) is 5.56 Å². The molecule has 0 radical (unpaired) electrons. The fourth-order valence-corrected chi connectivity index (χ4v) is 1.49. The standard InChI is InChI=1S/C13H15N3/c1-10-6-7-15-13(8-10)16-9-11-4-2-3-5-12(11)14/h2-9,12H,14H2,1H3,(H,15,16)/b11-9-. The van der Waals surface area contributed by atoms with E-state index in [4.69, 9.17) is 5.73 Å². The Morgan fingerprint density at radius 2 is 2.31 bits per heavy atom. The van der Waals surface area contributed by atoms with Gasteiger partial charge in [0, 0.05) is 18.4 Å². The van der Waals surface area contributed by atoms with E-state index in [-0.39, 0.29) is 6.04 Å². The highest BCUT2D eigenvalue weighted by atomic mass is 15.0. The lowest BCUT2D eigenvalue weighted by Gasteiger charge is -2.11. The smallest absolute Gasteiger partial charge is 0.130 e. The highest BCUT2D eigenvalue weighted by Gasteiger charge is 2.04. The second-order valence-corrected chi connectivity index (χ2v) is 3.78. The molecule has 1 aromatic rings. The van der Waals surface area contributed by atoms with E-state index in [1.54, 1.807) is 6.20 Å². The Morgan fingerprint density at radius 3 is 3.06 bits per heavy atom. The van der Waals surface area contributed by atoms with Crippen molar-refractivity contribution in [1.29, 1.82) is 0 Å². The molecule has 2 rings (SSSR count). The van der Waals surface area contributed by atoms with Gasteiger partial charge in [0.1, 0.15) is 5.82 Å². The molecule has 3 N–H and O–H groups in total. The number of rotatable bonds is 2. The molecule has 3 heteroatoms. The summed E-state index contributed by atoms with van der Waals surface area (Å²) >= 11 is 0. The average Bonchev–Trinajstić information content (AvgIpc) is 2.28. The molecule has 1 aromatic heterocycles. The molecule has 0 saturated heterocycles. The molecule has 16 heavy (non-hydrogen) atoms. The third-order valence-electron chi connectivity index (χ3n) is 2.41. The number of nitrogens with zero attached hydrogens (tertiary/aromatic N) is 1. The maximum Gasteiger partial charge on any atom is 0.130 e. The number of aryl methyl sites for hydroxylation is 1. The van der Waals surface area contributed by atoms with Crippen molar-refractivity contribution in [1.82, 2.24) is 4.98 Å². The van der Waals surface area contributed by atoms with Crippen molar-refractivity contribution < 1.29 is 0 Å². The monoisotopic (exact) mass is 213 g/mol. The Morgan fingerprint density at radius 1 is 1.44 bits per heavy atom. The number of hydrogen-bond donors (Lipinski definition) is 2. The highest BCUT2D eigenvalue weighted by molar-refractivity contribution is 5.44. The van der Waals surface area contributed by atoms with Crippen LogP contribution in [0.15, 0.2) is 54.4 Å². The van der Waals surface area contributed by atoms with Crippen molar-refractivity contribution in [2.24, 2.45) is 5.73 Å². The fourth-order valence-electron chi connectivity index (χ4n) is 1.49. The van der Waals surface area contributed by atoms with Crippen LogP contribution in [0.25, 0.3) is 0 Å². The molecule has 0 saturated carbocycles. The molecule has 0 amide bonds. The van der Waals surface area contributed by atoms with Crippen LogP contribution in [-0.2, 0) is 0 Å². The molecule has 1 heterocycles. The van der Waals surface area contributed by atoms with Gasteiger partial charge in [0.05, 0.1) is 0 Å². The first kappa shape index (κ1) is 10.6. The summed E-state index contributed by atoms with van der Waals surface area (Å²) in [6.45, 7) is 2.04. The van der Waals surface area contributed by atoms with Gasteiger partial charge in [-0.05, 0) is 30.2 Å². The van der Waals surface area contributed by atoms with Crippen LogP contribution in [0.3, 0.4) is 0 Å². The summed E-state index contributed by atoms with van der Waals surface area (Å²) in [4.78, 5) is 4.21. The average molecular weight is 213 g/mol. The molecule has 1 unspecified atom stereocenters. The minimum absolute atomic E-state index is 0.0395. The molecule has 1 aliphatic rings. The van der Waals surface area contributed by atoms with Crippen LogP contribution in [0.4, 0.5) is 5.82 Å². The lowest BCUT2D eigenvalue weighted by atomic mass is 10.0. The van der Waals surface area contributed by atoms with Crippen molar-refractivity contribution in [3.63, 3.8) is 0 Å².